The van der Waals surface area contributed by atoms with Crippen molar-refractivity contribution in [3.05, 3.63) is 58.5 Å². The molecule has 1 heterocycles. The number of aromatic nitrogens is 1. The smallest absolute Gasteiger partial charge is 0.321 e. The summed E-state index contributed by atoms with van der Waals surface area (Å²) >= 11 is 0. The highest BCUT2D eigenvalue weighted by Crippen LogP contribution is 2.20. The number of likely N-dealkylation sites (N-methyl/N-ethyl adjacent to an activating group) is 1. The number of hydrogen-bond acceptors (Lipinski definition) is 3. The Balaban J connectivity index is 2.05. The summed E-state index contributed by atoms with van der Waals surface area (Å²) in [4.78, 5) is 25.7. The molecule has 0 radical (unpaired) electrons. The number of urea groups is 1. The molecule has 2 aromatic rings. The van der Waals surface area contributed by atoms with Crippen LogP contribution in [-0.2, 0) is 13.0 Å². The molecule has 1 unspecified atom stereocenters. The van der Waals surface area contributed by atoms with E-state index in [1.807, 2.05) is 38.1 Å². The molecule has 0 bridgehead atoms. The molecular weight excluding hydrogens is 318 g/mol. The van der Waals surface area contributed by atoms with Crippen LogP contribution in [0.3, 0.4) is 0 Å². The van der Waals surface area contributed by atoms with Gasteiger partial charge in [-0.2, -0.15) is 0 Å². The maximum Gasteiger partial charge on any atom is 0.321 e. The molecule has 1 aromatic heterocycles. The topological polar surface area (TPSA) is 63.6 Å². The van der Waals surface area contributed by atoms with Crippen LogP contribution < -0.4 is 15.6 Å². The summed E-state index contributed by atoms with van der Waals surface area (Å²) in [7, 11) is 3.40. The summed E-state index contributed by atoms with van der Waals surface area (Å²) in [6.07, 6.45) is 2.33. The van der Waals surface area contributed by atoms with Crippen LogP contribution in [0.4, 0.5) is 10.5 Å². The molecular formula is C19H25N3O3. The van der Waals surface area contributed by atoms with E-state index >= 15 is 0 Å². The third-order valence-electron chi connectivity index (χ3n) is 4.26. The number of aryl methyl sites for hydroxylation is 1. The first-order valence-corrected chi connectivity index (χ1v) is 8.32. The molecule has 1 N–H and O–H groups in total. The van der Waals surface area contributed by atoms with Gasteiger partial charge < -0.3 is 19.5 Å². The molecule has 0 aliphatic carbocycles. The van der Waals surface area contributed by atoms with E-state index in [2.05, 4.69) is 5.32 Å². The number of ether oxygens (including phenoxy) is 1. The van der Waals surface area contributed by atoms with Gasteiger partial charge in [-0.3, -0.25) is 4.79 Å². The first-order valence-electron chi connectivity index (χ1n) is 8.32. The van der Waals surface area contributed by atoms with E-state index < -0.39 is 0 Å². The lowest BCUT2D eigenvalue weighted by Gasteiger charge is -2.26. The second kappa shape index (κ2) is 8.37. The quantitative estimate of drug-likeness (QED) is 0.877. The number of carbonyl (C=O) groups excluding carboxylic acids is 1. The van der Waals surface area contributed by atoms with Gasteiger partial charge in [-0.1, -0.05) is 18.2 Å². The summed E-state index contributed by atoms with van der Waals surface area (Å²) < 4.78 is 6.92. The minimum Gasteiger partial charge on any atom is -0.496 e. The first kappa shape index (κ1) is 18.6. The number of nitrogens with one attached hydrogen (secondary N) is 1. The molecule has 134 valence electrons. The summed E-state index contributed by atoms with van der Waals surface area (Å²) in [6, 6.07) is 10.6. The van der Waals surface area contributed by atoms with E-state index in [0.29, 0.717) is 18.7 Å². The minimum atomic E-state index is -0.219. The monoisotopic (exact) mass is 343 g/mol. The van der Waals surface area contributed by atoms with Crippen LogP contribution in [0.15, 0.2) is 47.4 Å². The Morgan fingerprint density at radius 1 is 1.28 bits per heavy atom. The zero-order valence-corrected chi connectivity index (χ0v) is 15.2. The van der Waals surface area contributed by atoms with Crippen molar-refractivity contribution in [2.45, 2.75) is 32.9 Å². The van der Waals surface area contributed by atoms with Gasteiger partial charge in [0, 0.05) is 31.9 Å². The molecule has 0 fully saturated rings. The van der Waals surface area contributed by atoms with E-state index in [9.17, 15) is 9.59 Å². The fourth-order valence-electron chi connectivity index (χ4n) is 2.59. The number of benzene rings is 1. The van der Waals surface area contributed by atoms with Crippen LogP contribution in [0, 0.1) is 0 Å². The van der Waals surface area contributed by atoms with Gasteiger partial charge in [0.15, 0.2) is 0 Å². The van der Waals surface area contributed by atoms with Gasteiger partial charge in [0.05, 0.1) is 12.8 Å². The van der Waals surface area contributed by atoms with Gasteiger partial charge in [-0.05, 0) is 38.0 Å². The van der Waals surface area contributed by atoms with Gasteiger partial charge >= 0.3 is 6.03 Å². The zero-order valence-electron chi connectivity index (χ0n) is 15.2. The van der Waals surface area contributed by atoms with Gasteiger partial charge in [0.25, 0.3) is 5.56 Å². The van der Waals surface area contributed by atoms with Crippen molar-refractivity contribution in [3.8, 4) is 5.75 Å². The van der Waals surface area contributed by atoms with Crippen LogP contribution in [0.5, 0.6) is 5.75 Å². The summed E-state index contributed by atoms with van der Waals surface area (Å²) in [5, 5.41) is 2.83. The minimum absolute atomic E-state index is 0.0200. The van der Waals surface area contributed by atoms with Crippen molar-refractivity contribution >= 4 is 11.7 Å². The van der Waals surface area contributed by atoms with Crippen LogP contribution in [0.1, 0.15) is 19.4 Å². The molecule has 2 rings (SSSR count). The molecule has 2 amide bonds. The number of hydrogen-bond donors (Lipinski definition) is 1. The molecule has 0 aliphatic heterocycles. The van der Waals surface area contributed by atoms with Crippen molar-refractivity contribution in [3.63, 3.8) is 0 Å². The number of methoxy groups -OCH3 is 1. The third-order valence-corrected chi connectivity index (χ3v) is 4.26. The lowest BCUT2D eigenvalue weighted by atomic mass is 10.1. The molecule has 1 atom stereocenters. The Labute approximate surface area is 148 Å². The predicted octanol–water partition coefficient (Wildman–Crippen LogP) is 2.97. The van der Waals surface area contributed by atoms with E-state index in [0.717, 1.165) is 11.3 Å². The molecule has 6 nitrogen and oxygen atoms in total. The van der Waals surface area contributed by atoms with Crippen molar-refractivity contribution in [2.24, 2.45) is 0 Å². The van der Waals surface area contributed by atoms with Crippen molar-refractivity contribution in [1.29, 1.82) is 0 Å². The Morgan fingerprint density at radius 3 is 2.68 bits per heavy atom. The largest absolute Gasteiger partial charge is 0.496 e. The van der Waals surface area contributed by atoms with E-state index in [1.165, 1.54) is 6.07 Å². The number of pyridine rings is 1. The van der Waals surface area contributed by atoms with Crippen LogP contribution in [-0.4, -0.2) is 35.7 Å². The number of amides is 2. The normalized spacial score (nSPS) is 11.7. The summed E-state index contributed by atoms with van der Waals surface area (Å²) in [5.74, 6) is 0.818. The highest BCUT2D eigenvalue weighted by atomic mass is 16.5. The van der Waals surface area contributed by atoms with Crippen molar-refractivity contribution in [1.82, 2.24) is 9.47 Å². The van der Waals surface area contributed by atoms with Gasteiger partial charge in [-0.15, -0.1) is 0 Å². The summed E-state index contributed by atoms with van der Waals surface area (Å²) in [5.41, 5.74) is 1.57. The average molecular weight is 343 g/mol. The fraction of sp³-hybridized carbons (Fsp3) is 0.368. The third kappa shape index (κ3) is 4.62. The molecule has 6 heteroatoms. The van der Waals surface area contributed by atoms with Crippen molar-refractivity contribution < 1.29 is 9.53 Å². The van der Waals surface area contributed by atoms with Gasteiger partial charge in [0.2, 0.25) is 0 Å². The number of anilines is 1. The lowest BCUT2D eigenvalue weighted by Crippen LogP contribution is -2.39. The molecule has 0 spiro atoms. The number of rotatable bonds is 6. The SMILES string of the molecule is CCn1cc(NC(=O)N(C)C(C)Cc2ccccc2OC)ccc1=O. The van der Waals surface area contributed by atoms with Crippen LogP contribution >= 0.6 is 0 Å². The lowest BCUT2D eigenvalue weighted by molar-refractivity contribution is 0.207. The molecule has 0 saturated carbocycles. The second-order valence-corrected chi connectivity index (χ2v) is 5.95. The molecule has 0 aliphatic rings. The predicted molar refractivity (Wildman–Crippen MR) is 99.3 cm³/mol. The molecule has 0 saturated heterocycles. The van der Waals surface area contributed by atoms with Crippen LogP contribution in [0.25, 0.3) is 0 Å². The average Bonchev–Trinajstić information content (AvgIpc) is 2.62. The highest BCUT2D eigenvalue weighted by Gasteiger charge is 2.18. The maximum absolute atomic E-state index is 12.5. The maximum atomic E-state index is 12.5. The zero-order chi connectivity index (χ0) is 18.4. The second-order valence-electron chi connectivity index (χ2n) is 5.95. The summed E-state index contributed by atoms with van der Waals surface area (Å²) in [6.45, 7) is 4.43. The van der Waals surface area contributed by atoms with Gasteiger partial charge in [0.1, 0.15) is 5.75 Å². The number of para-hydroxylation sites is 1. The standard InChI is InChI=1S/C19H25N3O3/c1-5-22-13-16(10-11-18(22)23)20-19(24)21(3)14(2)12-15-8-6-7-9-17(15)25-4/h6-11,13-14H,5,12H2,1-4H3,(H,20,24). The number of carbonyl (C=O) groups is 1. The van der Waals surface area contributed by atoms with Crippen LogP contribution in [0.2, 0.25) is 0 Å². The highest BCUT2D eigenvalue weighted by molar-refractivity contribution is 5.89. The Kier molecular flexibility index (Phi) is 6.22. The van der Waals surface area contributed by atoms with E-state index in [-0.39, 0.29) is 17.6 Å². The Morgan fingerprint density at radius 2 is 2.00 bits per heavy atom. The van der Waals surface area contributed by atoms with Gasteiger partial charge in [-0.25, -0.2) is 4.79 Å². The Hall–Kier alpha value is -2.76. The number of nitrogens with zero attached hydrogens (tertiary/aromatic N) is 2. The van der Waals surface area contributed by atoms with E-state index in [1.54, 1.807) is 35.9 Å². The first-order chi connectivity index (χ1) is 12.0. The molecule has 25 heavy (non-hydrogen) atoms. The fourth-order valence-corrected chi connectivity index (χ4v) is 2.59. The van der Waals surface area contributed by atoms with E-state index in [4.69, 9.17) is 4.74 Å². The molecule has 1 aromatic carbocycles. The van der Waals surface area contributed by atoms with Crippen molar-refractivity contribution in [2.75, 3.05) is 19.5 Å². The Bertz CT molecular complexity index is 785.